The van der Waals surface area contributed by atoms with Gasteiger partial charge in [0, 0.05) is 12.6 Å². The Morgan fingerprint density at radius 1 is 1.24 bits per heavy atom. The van der Waals surface area contributed by atoms with Crippen molar-refractivity contribution in [3.05, 3.63) is 35.7 Å². The first kappa shape index (κ1) is 23.7. The molecule has 2 rings (SSSR count). The fourth-order valence-corrected chi connectivity index (χ4v) is 2.01. The lowest BCUT2D eigenvalue weighted by molar-refractivity contribution is -0.192. The van der Waals surface area contributed by atoms with Gasteiger partial charge in [-0.3, -0.25) is 5.32 Å². The third-order valence-corrected chi connectivity index (χ3v) is 3.37. The molecule has 2 aromatic rings. The van der Waals surface area contributed by atoms with Crippen molar-refractivity contribution in [2.24, 2.45) is 0 Å². The average molecular weight is 417 g/mol. The highest BCUT2D eigenvalue weighted by Crippen LogP contribution is 2.13. The quantitative estimate of drug-likeness (QED) is 0.688. The molecule has 1 aromatic heterocycles. The molecule has 0 radical (unpaired) electrons. The largest absolute Gasteiger partial charge is 0.497 e. The van der Waals surface area contributed by atoms with Gasteiger partial charge in [0.2, 0.25) is 5.95 Å². The van der Waals surface area contributed by atoms with E-state index in [0.717, 1.165) is 17.1 Å². The zero-order chi connectivity index (χ0) is 22.2. The van der Waals surface area contributed by atoms with Crippen LogP contribution in [-0.4, -0.2) is 45.2 Å². The minimum Gasteiger partial charge on any atom is -0.497 e. The first-order valence-corrected chi connectivity index (χ1v) is 8.35. The molecular formula is C17H22F3N5O4. The number of hydrogen-bond donors (Lipinski definition) is 3. The molecule has 12 heteroatoms. The molecule has 0 aliphatic heterocycles. The number of carbonyl (C=O) groups is 2. The van der Waals surface area contributed by atoms with Crippen molar-refractivity contribution in [1.82, 2.24) is 20.1 Å². The Labute approximate surface area is 164 Å². The van der Waals surface area contributed by atoms with Crippen LogP contribution in [0.2, 0.25) is 0 Å². The van der Waals surface area contributed by atoms with Crippen molar-refractivity contribution in [3.8, 4) is 5.75 Å². The number of hydrogen-bond acceptors (Lipinski definition) is 5. The van der Waals surface area contributed by atoms with Gasteiger partial charge in [-0.25, -0.2) is 14.3 Å². The zero-order valence-corrected chi connectivity index (χ0v) is 16.2. The third-order valence-electron chi connectivity index (χ3n) is 3.37. The minimum absolute atomic E-state index is 0.199. The van der Waals surface area contributed by atoms with E-state index in [-0.39, 0.29) is 12.1 Å². The van der Waals surface area contributed by atoms with Gasteiger partial charge >= 0.3 is 18.2 Å². The van der Waals surface area contributed by atoms with E-state index in [0.29, 0.717) is 12.5 Å². The number of carboxylic acids is 1. The number of anilines is 1. The molecule has 0 saturated carbocycles. The number of benzene rings is 1. The van der Waals surface area contributed by atoms with Crippen LogP contribution in [0.15, 0.2) is 24.3 Å². The fraction of sp³-hybridized carbons (Fsp3) is 0.412. The molecule has 2 amide bonds. The molecule has 0 aliphatic carbocycles. The first-order valence-electron chi connectivity index (χ1n) is 8.35. The van der Waals surface area contributed by atoms with E-state index in [1.54, 1.807) is 11.8 Å². The van der Waals surface area contributed by atoms with Crippen LogP contribution in [0.4, 0.5) is 23.9 Å². The minimum atomic E-state index is -5.08. The number of urea groups is 1. The second-order valence-corrected chi connectivity index (χ2v) is 5.98. The van der Waals surface area contributed by atoms with Crippen LogP contribution in [0.25, 0.3) is 0 Å². The van der Waals surface area contributed by atoms with E-state index >= 15 is 0 Å². The summed E-state index contributed by atoms with van der Waals surface area (Å²) >= 11 is 0. The second kappa shape index (κ2) is 10.3. The van der Waals surface area contributed by atoms with Crippen LogP contribution in [-0.2, 0) is 11.3 Å². The number of aryl methyl sites for hydroxylation is 1. The molecule has 0 fully saturated rings. The molecule has 3 N–H and O–H groups in total. The molecule has 1 aromatic carbocycles. The number of methoxy groups -OCH3 is 1. The SMILES string of the molecule is COc1ccc(CNC(=O)Nc2nc(C)n(C(C)C)n2)cc1.O=C(O)C(F)(F)F. The van der Waals surface area contributed by atoms with E-state index in [2.05, 4.69) is 20.7 Å². The summed E-state index contributed by atoms with van der Waals surface area (Å²) in [5, 5.41) is 16.8. The Morgan fingerprint density at radius 2 is 1.79 bits per heavy atom. The van der Waals surface area contributed by atoms with E-state index in [1.165, 1.54) is 0 Å². The summed E-state index contributed by atoms with van der Waals surface area (Å²) in [6.07, 6.45) is -5.08. The number of aromatic nitrogens is 3. The van der Waals surface area contributed by atoms with E-state index in [4.69, 9.17) is 14.6 Å². The van der Waals surface area contributed by atoms with E-state index in [1.807, 2.05) is 45.0 Å². The first-order chi connectivity index (χ1) is 13.4. The topological polar surface area (TPSA) is 118 Å². The van der Waals surface area contributed by atoms with Crippen LogP contribution in [0.1, 0.15) is 31.3 Å². The van der Waals surface area contributed by atoms with Crippen molar-refractivity contribution in [3.63, 3.8) is 0 Å². The molecule has 160 valence electrons. The Bertz CT molecular complexity index is 819. The van der Waals surface area contributed by atoms with Gasteiger partial charge in [0.25, 0.3) is 0 Å². The summed E-state index contributed by atoms with van der Waals surface area (Å²) in [6, 6.07) is 7.36. The number of carbonyl (C=O) groups excluding carboxylic acids is 1. The molecule has 29 heavy (non-hydrogen) atoms. The van der Waals surface area contributed by atoms with Crippen molar-refractivity contribution in [1.29, 1.82) is 0 Å². The highest BCUT2D eigenvalue weighted by atomic mass is 19.4. The predicted octanol–water partition coefficient (Wildman–Crippen LogP) is 3.13. The van der Waals surface area contributed by atoms with Crippen LogP contribution in [0, 0.1) is 6.92 Å². The average Bonchev–Trinajstić information content (AvgIpc) is 3.00. The molecule has 0 saturated heterocycles. The van der Waals surface area contributed by atoms with Gasteiger partial charge in [0.05, 0.1) is 7.11 Å². The molecule has 0 unspecified atom stereocenters. The molecular weight excluding hydrogens is 395 g/mol. The fourth-order valence-electron chi connectivity index (χ4n) is 2.01. The Balaban J connectivity index is 0.000000516. The maximum absolute atomic E-state index is 11.9. The molecule has 1 heterocycles. The monoisotopic (exact) mass is 417 g/mol. The summed E-state index contributed by atoms with van der Waals surface area (Å²) in [6.45, 7) is 6.29. The van der Waals surface area contributed by atoms with Gasteiger partial charge in [0.15, 0.2) is 0 Å². The van der Waals surface area contributed by atoms with E-state index in [9.17, 15) is 18.0 Å². The number of nitrogens with zero attached hydrogens (tertiary/aromatic N) is 3. The van der Waals surface area contributed by atoms with Crippen LogP contribution >= 0.6 is 0 Å². The van der Waals surface area contributed by atoms with Crippen molar-refractivity contribution in [2.75, 3.05) is 12.4 Å². The number of aliphatic carboxylic acids is 1. The molecule has 0 bridgehead atoms. The maximum Gasteiger partial charge on any atom is 0.490 e. The van der Waals surface area contributed by atoms with Gasteiger partial charge in [-0.1, -0.05) is 12.1 Å². The third kappa shape index (κ3) is 8.07. The van der Waals surface area contributed by atoms with Gasteiger partial charge in [-0.2, -0.15) is 18.2 Å². The number of nitrogens with one attached hydrogen (secondary N) is 2. The van der Waals surface area contributed by atoms with Crippen LogP contribution in [0.5, 0.6) is 5.75 Å². The lowest BCUT2D eigenvalue weighted by Gasteiger charge is -2.06. The summed E-state index contributed by atoms with van der Waals surface area (Å²) < 4.78 is 38.6. The number of halogens is 3. The van der Waals surface area contributed by atoms with Gasteiger partial charge < -0.3 is 15.2 Å². The molecule has 0 atom stereocenters. The summed E-state index contributed by atoms with van der Waals surface area (Å²) in [4.78, 5) is 25.0. The summed E-state index contributed by atoms with van der Waals surface area (Å²) in [5.41, 5.74) is 0.979. The Kier molecular flexibility index (Phi) is 8.42. The Morgan fingerprint density at radius 3 is 2.21 bits per heavy atom. The molecule has 9 nitrogen and oxygen atoms in total. The van der Waals surface area contributed by atoms with Gasteiger partial charge in [-0.15, -0.1) is 5.10 Å². The number of amides is 2. The van der Waals surface area contributed by atoms with Crippen molar-refractivity contribution in [2.45, 2.75) is 39.5 Å². The van der Waals surface area contributed by atoms with E-state index < -0.39 is 12.1 Å². The lowest BCUT2D eigenvalue weighted by atomic mass is 10.2. The molecule has 0 spiro atoms. The van der Waals surface area contributed by atoms with Gasteiger partial charge in [-0.05, 0) is 38.5 Å². The summed E-state index contributed by atoms with van der Waals surface area (Å²) in [7, 11) is 1.62. The van der Waals surface area contributed by atoms with Crippen LogP contribution < -0.4 is 15.4 Å². The number of carboxylic acid groups (broad SMARTS) is 1. The van der Waals surface area contributed by atoms with Crippen molar-refractivity contribution < 1.29 is 32.6 Å². The number of alkyl halides is 3. The number of rotatable bonds is 5. The second-order valence-electron chi connectivity index (χ2n) is 5.98. The molecule has 0 aliphatic rings. The van der Waals surface area contributed by atoms with Crippen molar-refractivity contribution >= 4 is 17.9 Å². The number of ether oxygens (including phenoxy) is 1. The zero-order valence-electron chi connectivity index (χ0n) is 16.2. The van der Waals surface area contributed by atoms with Crippen LogP contribution in [0.3, 0.4) is 0 Å². The smallest absolute Gasteiger partial charge is 0.490 e. The standard InChI is InChI=1S/C15H21N5O2.C2HF3O2/c1-10(2)20-11(3)17-14(19-20)18-15(21)16-9-12-5-7-13(22-4)8-6-12;3-2(4,5)1(6)7/h5-8,10H,9H2,1-4H3,(H2,16,18,19,21);(H,6,7). The Hall–Kier alpha value is -3.31. The maximum atomic E-state index is 11.9. The highest BCUT2D eigenvalue weighted by molar-refractivity contribution is 5.87. The summed E-state index contributed by atoms with van der Waals surface area (Å²) in [5.74, 6) is -0.904. The normalized spacial score (nSPS) is 10.8. The predicted molar refractivity (Wildman–Crippen MR) is 97.7 cm³/mol. The lowest BCUT2D eigenvalue weighted by Crippen LogP contribution is -2.28. The highest BCUT2D eigenvalue weighted by Gasteiger charge is 2.38. The van der Waals surface area contributed by atoms with Gasteiger partial charge in [0.1, 0.15) is 11.6 Å².